The molecule has 19 nitrogen and oxygen atoms in total. The fraction of sp³-hybridized carbons (Fsp3) is 0.404. The van der Waals surface area contributed by atoms with Gasteiger partial charge in [0.05, 0.1) is 29.6 Å². The molecule has 0 aliphatic carbocycles. The highest BCUT2D eigenvalue weighted by Crippen LogP contribution is 2.40. The maximum Gasteiger partial charge on any atom is 0.255 e. The standard InChI is InChI=1S/C47H59N11O8/c1-6-21-64-33-11-8-31(9-12-33)42-53-27(2)40(28(3)54-42)45(61)56-36(15-16-48)47(63)58(5)41-32-10-14-39(66-23-19-51)35(26-32)34-24-30(7-13-38(34)65-22-18-50)25-37(44(60)52-20-17-49)57-43(59)29(4)55-46(41)62/h7-14,24,26,29,36-37,41H,6,15-16,18-23,25,48,50-51H2,1-5H3,(H,52,60)(H,55,62)(H,56,61)(H,57,59). The Bertz CT molecular complexity index is 2400. The summed E-state index contributed by atoms with van der Waals surface area (Å²) in [6.45, 7) is 7.74. The zero-order valence-corrected chi connectivity index (χ0v) is 37.9. The number of amides is 5. The van der Waals surface area contributed by atoms with Crippen LogP contribution in [0.5, 0.6) is 17.2 Å². The molecule has 2 heterocycles. The third-order valence-corrected chi connectivity index (χ3v) is 10.7. The van der Waals surface area contributed by atoms with Crippen LogP contribution >= 0.6 is 0 Å². The Balaban J connectivity index is 1.56. The quantitative estimate of drug-likeness (QED) is 0.0701. The molecule has 0 spiro atoms. The van der Waals surface area contributed by atoms with Crippen LogP contribution in [0.2, 0.25) is 0 Å². The monoisotopic (exact) mass is 905 g/mol. The Morgan fingerprint density at radius 2 is 1.50 bits per heavy atom. The minimum Gasteiger partial charge on any atom is -0.494 e. The Hall–Kier alpha value is -7.14. The largest absolute Gasteiger partial charge is 0.494 e. The van der Waals surface area contributed by atoms with E-state index in [-0.39, 0.29) is 57.8 Å². The van der Waals surface area contributed by atoms with Crippen molar-refractivity contribution in [2.24, 2.45) is 17.2 Å². The second-order valence-corrected chi connectivity index (χ2v) is 15.7. The van der Waals surface area contributed by atoms with Gasteiger partial charge in [0.25, 0.3) is 5.91 Å². The molecule has 4 aromatic rings. The van der Waals surface area contributed by atoms with Crippen LogP contribution in [-0.4, -0.2) is 116 Å². The molecular weight excluding hydrogens is 847 g/mol. The lowest BCUT2D eigenvalue weighted by atomic mass is 9.93. The van der Waals surface area contributed by atoms with E-state index in [9.17, 15) is 24.0 Å². The topological polar surface area (TPSA) is 292 Å². The molecule has 0 radical (unpaired) electrons. The highest BCUT2D eigenvalue weighted by Gasteiger charge is 2.36. The summed E-state index contributed by atoms with van der Waals surface area (Å²) in [7, 11) is 1.41. The number of aryl methyl sites for hydroxylation is 2. The third-order valence-electron chi connectivity index (χ3n) is 10.7. The molecule has 66 heavy (non-hydrogen) atoms. The van der Waals surface area contributed by atoms with E-state index in [1.807, 2.05) is 37.3 Å². The van der Waals surface area contributed by atoms with E-state index in [0.29, 0.717) is 63.3 Å². The van der Waals surface area contributed by atoms with Gasteiger partial charge in [0.15, 0.2) is 5.82 Å². The van der Waals surface area contributed by atoms with Gasteiger partial charge in [0.1, 0.15) is 61.2 Å². The molecule has 0 saturated carbocycles. The molecule has 1 aromatic heterocycles. The molecule has 19 heteroatoms. The van der Waals surface area contributed by atoms with Gasteiger partial charge in [-0.3, -0.25) is 24.0 Å². The first kappa shape index (κ1) is 49.9. The maximum atomic E-state index is 14.7. The first-order chi connectivity index (χ1) is 31.7. The number of hydrogen-bond acceptors (Lipinski definition) is 14. The first-order valence-corrected chi connectivity index (χ1v) is 21.8. The number of nitrogens with zero attached hydrogens (tertiary/aromatic N) is 4. The minimum atomic E-state index is -1.41. The van der Waals surface area contributed by atoms with Crippen LogP contribution in [0.15, 0.2) is 60.7 Å². The lowest BCUT2D eigenvalue weighted by Gasteiger charge is -2.32. The second-order valence-electron chi connectivity index (χ2n) is 15.7. The van der Waals surface area contributed by atoms with Crippen LogP contribution in [0.4, 0.5) is 0 Å². The van der Waals surface area contributed by atoms with Crippen molar-refractivity contribution in [1.82, 2.24) is 36.1 Å². The number of benzene rings is 3. The molecule has 4 bridgehead atoms. The number of carbonyl (C=O) groups is 5. The zero-order chi connectivity index (χ0) is 47.9. The van der Waals surface area contributed by atoms with Gasteiger partial charge < -0.3 is 57.6 Å². The summed E-state index contributed by atoms with van der Waals surface area (Å²) in [6, 6.07) is 14.3. The number of nitrogens with one attached hydrogen (secondary N) is 4. The van der Waals surface area contributed by atoms with Gasteiger partial charge in [-0.2, -0.15) is 5.26 Å². The van der Waals surface area contributed by atoms with Crippen molar-refractivity contribution in [2.45, 2.75) is 71.1 Å². The van der Waals surface area contributed by atoms with E-state index in [1.54, 1.807) is 50.2 Å². The van der Waals surface area contributed by atoms with Crippen LogP contribution in [0.25, 0.3) is 22.5 Å². The molecule has 3 aromatic carbocycles. The molecule has 4 unspecified atom stereocenters. The number of fused-ring (bicyclic) bond motifs is 5. The summed E-state index contributed by atoms with van der Waals surface area (Å²) in [5, 5.41) is 19.9. The van der Waals surface area contributed by atoms with Gasteiger partial charge in [-0.25, -0.2) is 9.97 Å². The smallest absolute Gasteiger partial charge is 0.255 e. The molecule has 5 amide bonds. The number of nitrogens with two attached hydrogens (primary N) is 3. The van der Waals surface area contributed by atoms with Crippen LogP contribution in [0.1, 0.15) is 65.6 Å². The Labute approximate surface area is 384 Å². The average molecular weight is 906 g/mol. The third kappa shape index (κ3) is 12.3. The zero-order valence-electron chi connectivity index (χ0n) is 37.9. The molecule has 1 aliphatic rings. The average Bonchev–Trinajstić information content (AvgIpc) is 3.30. The fourth-order valence-electron chi connectivity index (χ4n) is 7.45. The second kappa shape index (κ2) is 23.7. The normalized spacial score (nSPS) is 16.3. The van der Waals surface area contributed by atoms with Crippen LogP contribution in [0, 0.1) is 25.2 Å². The first-order valence-electron chi connectivity index (χ1n) is 21.8. The van der Waals surface area contributed by atoms with E-state index in [1.165, 1.54) is 18.9 Å². The summed E-state index contributed by atoms with van der Waals surface area (Å²) in [5.41, 5.74) is 21.2. The van der Waals surface area contributed by atoms with Gasteiger partial charge in [-0.05, 0) is 99.8 Å². The summed E-state index contributed by atoms with van der Waals surface area (Å²) in [5.74, 6) is -1.50. The number of ether oxygens (including phenoxy) is 3. The lowest BCUT2D eigenvalue weighted by Crippen LogP contribution is -2.56. The molecule has 0 saturated heterocycles. The van der Waals surface area contributed by atoms with Crippen LogP contribution in [-0.2, 0) is 25.6 Å². The fourth-order valence-corrected chi connectivity index (χ4v) is 7.45. The lowest BCUT2D eigenvalue weighted by molar-refractivity contribution is -0.141. The van der Waals surface area contributed by atoms with E-state index in [4.69, 9.17) is 36.7 Å². The molecule has 5 rings (SSSR count). The number of rotatable bonds is 18. The van der Waals surface area contributed by atoms with Crippen molar-refractivity contribution in [2.75, 3.05) is 53.0 Å². The minimum absolute atomic E-state index is 0.00122. The summed E-state index contributed by atoms with van der Waals surface area (Å²) in [6.07, 6.45) is 0.862. The number of aromatic nitrogens is 2. The van der Waals surface area contributed by atoms with Gasteiger partial charge in [0.2, 0.25) is 23.6 Å². The maximum absolute atomic E-state index is 14.7. The molecule has 4 atom stereocenters. The highest BCUT2D eigenvalue weighted by atomic mass is 16.5. The molecule has 10 N–H and O–H groups in total. The molecule has 350 valence electrons. The SMILES string of the molecule is CCCOc1ccc(-c2nc(C)c(C(=O)NC(CCN)C(=O)N(C)C3C(=O)NC(C)C(=O)NC(C(=O)NCC#N)Cc4ccc(OCCN)c(c4)-c4cc3ccc4OCCN)c(C)n2)cc1. The van der Waals surface area contributed by atoms with Crippen LogP contribution < -0.4 is 52.7 Å². The van der Waals surface area contributed by atoms with Gasteiger partial charge in [-0.15, -0.1) is 0 Å². The molecular formula is C47H59N11O8. The van der Waals surface area contributed by atoms with Crippen molar-refractivity contribution in [3.63, 3.8) is 0 Å². The summed E-state index contributed by atoms with van der Waals surface area (Å²) in [4.78, 5) is 80.9. The van der Waals surface area contributed by atoms with Crippen molar-refractivity contribution in [1.29, 1.82) is 5.26 Å². The number of carbonyl (C=O) groups excluding carboxylic acids is 5. The van der Waals surface area contributed by atoms with E-state index >= 15 is 0 Å². The predicted molar refractivity (Wildman–Crippen MR) is 246 cm³/mol. The summed E-state index contributed by atoms with van der Waals surface area (Å²) >= 11 is 0. The molecule has 0 fully saturated rings. The van der Waals surface area contributed by atoms with Gasteiger partial charge in [0, 0.05) is 43.2 Å². The van der Waals surface area contributed by atoms with Crippen molar-refractivity contribution in [3.8, 4) is 45.8 Å². The van der Waals surface area contributed by atoms with E-state index in [2.05, 4.69) is 31.2 Å². The highest BCUT2D eigenvalue weighted by molar-refractivity contribution is 6.00. The Kier molecular flexibility index (Phi) is 17.9. The van der Waals surface area contributed by atoms with Crippen LogP contribution in [0.3, 0.4) is 0 Å². The Morgan fingerprint density at radius 3 is 2.11 bits per heavy atom. The number of hydrogen-bond donors (Lipinski definition) is 7. The number of likely N-dealkylation sites (N-methyl/N-ethyl adjacent to an activating group) is 1. The Morgan fingerprint density at radius 1 is 0.864 bits per heavy atom. The van der Waals surface area contributed by atoms with E-state index in [0.717, 1.165) is 12.0 Å². The predicted octanol–water partition coefficient (Wildman–Crippen LogP) is 1.72. The summed E-state index contributed by atoms with van der Waals surface area (Å²) < 4.78 is 17.9. The number of nitriles is 1. The van der Waals surface area contributed by atoms with Crippen molar-refractivity contribution < 1.29 is 38.2 Å². The molecule has 1 aliphatic heterocycles. The van der Waals surface area contributed by atoms with E-state index < -0.39 is 53.7 Å². The van der Waals surface area contributed by atoms with Gasteiger partial charge >= 0.3 is 0 Å². The van der Waals surface area contributed by atoms with Crippen molar-refractivity contribution >= 4 is 29.5 Å². The van der Waals surface area contributed by atoms with Gasteiger partial charge in [-0.1, -0.05) is 19.1 Å². The van der Waals surface area contributed by atoms with Crippen molar-refractivity contribution in [3.05, 3.63) is 88.7 Å².